The molecule has 0 aromatic heterocycles. The second-order valence-electron chi connectivity index (χ2n) is 8.14. The number of benzene rings is 2. The second-order valence-corrected chi connectivity index (χ2v) is 11.4. The lowest BCUT2D eigenvalue weighted by Crippen LogP contribution is -2.38. The smallest absolute Gasteiger partial charge is 0.293 e. The van der Waals surface area contributed by atoms with E-state index < -0.39 is 90.7 Å². The van der Waals surface area contributed by atoms with Crippen molar-refractivity contribution in [3.8, 4) is 0 Å². The summed E-state index contributed by atoms with van der Waals surface area (Å²) in [6.07, 6.45) is -15.9. The summed E-state index contributed by atoms with van der Waals surface area (Å²) in [5.74, 6) is -8.58. The van der Waals surface area contributed by atoms with Gasteiger partial charge in [0.05, 0.1) is 27.2 Å². The maximum absolute atomic E-state index is 14.9. The first-order valence-electron chi connectivity index (χ1n) is 10.3. The van der Waals surface area contributed by atoms with E-state index in [1.807, 2.05) is 0 Å². The van der Waals surface area contributed by atoms with Crippen molar-refractivity contribution >= 4 is 56.4 Å². The van der Waals surface area contributed by atoms with E-state index in [0.717, 1.165) is 12.1 Å². The Hall–Kier alpha value is -2.07. The van der Waals surface area contributed by atoms with Gasteiger partial charge >= 0.3 is 18.5 Å². The van der Waals surface area contributed by atoms with Crippen LogP contribution in [0.25, 0.3) is 5.83 Å². The van der Waals surface area contributed by atoms with Gasteiger partial charge in [-0.05, 0) is 29.8 Å². The first-order valence-corrected chi connectivity index (χ1v) is 13.0. The summed E-state index contributed by atoms with van der Waals surface area (Å²) in [6, 6.07) is 2.32. The normalized spacial score (nSPS) is 14.5. The molecular formula is C22H14Cl3F10NO3S. The molecule has 0 aliphatic rings. The summed E-state index contributed by atoms with van der Waals surface area (Å²) in [4.78, 5) is 12.4. The van der Waals surface area contributed by atoms with E-state index in [2.05, 4.69) is 0 Å². The highest BCUT2D eigenvalue weighted by molar-refractivity contribution is 7.89. The Morgan fingerprint density at radius 3 is 1.93 bits per heavy atom. The molecule has 0 N–H and O–H groups in total. The van der Waals surface area contributed by atoms with E-state index in [9.17, 15) is 57.1 Å². The number of hydrogen-bond donors (Lipinski definition) is 0. The van der Waals surface area contributed by atoms with Gasteiger partial charge in [-0.2, -0.15) is 43.8 Å². The molecule has 0 radical (unpaired) electrons. The quantitative estimate of drug-likeness (QED) is 0.162. The van der Waals surface area contributed by atoms with Gasteiger partial charge in [0, 0.05) is 18.2 Å². The average molecular weight is 669 g/mol. The third-order valence-corrected chi connectivity index (χ3v) is 8.09. The molecular weight excluding hydrogens is 655 g/mol. The van der Waals surface area contributed by atoms with E-state index in [1.165, 1.54) is 0 Å². The zero-order valence-electron chi connectivity index (χ0n) is 19.4. The van der Waals surface area contributed by atoms with E-state index in [0.29, 0.717) is 19.2 Å². The second kappa shape index (κ2) is 12.0. The SMILES string of the molecule is CN(CC(=O)c1ccc(/C(F)=C/C(c2cc(Cl)c(Cl)c(Cl)c2)C(F)(F)F)cc1C(F)(F)F)S(=O)(=O)CC(F)(F)F. The van der Waals surface area contributed by atoms with E-state index in [1.54, 1.807) is 0 Å². The van der Waals surface area contributed by atoms with Crippen LogP contribution in [0.15, 0.2) is 36.4 Å². The topological polar surface area (TPSA) is 54.5 Å². The van der Waals surface area contributed by atoms with E-state index >= 15 is 0 Å². The van der Waals surface area contributed by atoms with Gasteiger partial charge in [0.25, 0.3) is 0 Å². The summed E-state index contributed by atoms with van der Waals surface area (Å²) in [5, 5.41) is -1.14. The fraction of sp³-hybridized carbons (Fsp3) is 0.318. The predicted molar refractivity (Wildman–Crippen MR) is 128 cm³/mol. The number of carbonyl (C=O) groups excluding carboxylic acids is 1. The average Bonchev–Trinajstić information content (AvgIpc) is 2.77. The third-order valence-electron chi connectivity index (χ3n) is 5.12. The summed E-state index contributed by atoms with van der Waals surface area (Å²) in [7, 11) is -4.63. The number of nitrogens with zero attached hydrogens (tertiary/aromatic N) is 1. The molecule has 4 nitrogen and oxygen atoms in total. The molecule has 2 aromatic rings. The first-order chi connectivity index (χ1) is 17.9. The Kier molecular flexibility index (Phi) is 10.3. The van der Waals surface area contributed by atoms with Gasteiger partial charge in [0.1, 0.15) is 11.7 Å². The lowest BCUT2D eigenvalue weighted by atomic mass is 9.95. The van der Waals surface area contributed by atoms with Gasteiger partial charge in [0.15, 0.2) is 11.5 Å². The van der Waals surface area contributed by atoms with Crippen molar-refractivity contribution in [3.63, 3.8) is 0 Å². The highest BCUT2D eigenvalue weighted by atomic mass is 35.5. The Balaban J connectivity index is 2.53. The van der Waals surface area contributed by atoms with Crippen LogP contribution in [-0.2, 0) is 16.2 Å². The van der Waals surface area contributed by atoms with Crippen molar-refractivity contribution < 1.29 is 57.1 Å². The van der Waals surface area contributed by atoms with Crippen LogP contribution in [-0.4, -0.2) is 50.2 Å². The van der Waals surface area contributed by atoms with Gasteiger partial charge in [-0.15, -0.1) is 0 Å². The number of alkyl halides is 9. The maximum Gasteiger partial charge on any atom is 0.417 e. The molecule has 2 rings (SSSR count). The monoisotopic (exact) mass is 667 g/mol. The Morgan fingerprint density at radius 1 is 0.950 bits per heavy atom. The molecule has 0 aliphatic carbocycles. The van der Waals surface area contributed by atoms with Gasteiger partial charge < -0.3 is 0 Å². The molecule has 1 unspecified atom stereocenters. The van der Waals surface area contributed by atoms with E-state index in [4.69, 9.17) is 34.8 Å². The van der Waals surface area contributed by atoms with Gasteiger partial charge in [-0.3, -0.25) is 4.79 Å². The molecule has 1 atom stereocenters. The molecule has 0 aliphatic heterocycles. The molecule has 0 heterocycles. The summed E-state index contributed by atoms with van der Waals surface area (Å²) in [6.45, 7) is -1.45. The minimum atomic E-state index is -5.41. The van der Waals surface area contributed by atoms with Crippen molar-refractivity contribution in [2.45, 2.75) is 24.4 Å². The standard InChI is InChI=1S/C22H14Cl3F10NO3S/c1-36(40(38,39)9-20(27,28)29)8-18(37)12-3-2-10(4-14(12)22(33,34)35)17(26)7-13(21(30,31)32)11-5-15(23)19(25)16(24)6-11/h2-7,13H,8-9H2,1H3/b17-7-. The molecule has 18 heteroatoms. The molecule has 0 saturated heterocycles. The molecule has 2 aromatic carbocycles. The van der Waals surface area contributed by atoms with Crippen molar-refractivity contribution in [1.82, 2.24) is 4.31 Å². The van der Waals surface area contributed by atoms with Crippen LogP contribution < -0.4 is 0 Å². The van der Waals surface area contributed by atoms with Crippen LogP contribution in [0.4, 0.5) is 43.9 Å². The Bertz CT molecular complexity index is 1400. The number of hydrogen-bond acceptors (Lipinski definition) is 3. The van der Waals surface area contributed by atoms with Gasteiger partial charge in [-0.1, -0.05) is 46.9 Å². The number of Topliss-reactive ketones (excluding diaryl/α,β-unsaturated/α-hetero) is 1. The van der Waals surface area contributed by atoms with E-state index in [-0.39, 0.29) is 21.5 Å². The van der Waals surface area contributed by atoms with Crippen LogP contribution >= 0.6 is 34.8 Å². The number of carbonyl (C=O) groups is 1. The molecule has 0 saturated carbocycles. The minimum Gasteiger partial charge on any atom is -0.293 e. The highest BCUT2D eigenvalue weighted by Crippen LogP contribution is 2.43. The van der Waals surface area contributed by atoms with Crippen molar-refractivity contribution in [2.24, 2.45) is 0 Å². The Morgan fingerprint density at radius 2 is 1.48 bits per heavy atom. The zero-order valence-corrected chi connectivity index (χ0v) is 22.5. The fourth-order valence-corrected chi connectivity index (χ4v) is 4.81. The Labute approximate surface area is 235 Å². The first kappa shape index (κ1) is 34.1. The van der Waals surface area contributed by atoms with Crippen LogP contribution in [0.1, 0.15) is 33.0 Å². The van der Waals surface area contributed by atoms with Crippen LogP contribution in [0.5, 0.6) is 0 Å². The molecule has 0 bridgehead atoms. The highest BCUT2D eigenvalue weighted by Gasteiger charge is 2.42. The molecule has 0 fully saturated rings. The third kappa shape index (κ3) is 8.71. The lowest BCUT2D eigenvalue weighted by molar-refractivity contribution is -0.140. The molecule has 222 valence electrons. The van der Waals surface area contributed by atoms with Crippen molar-refractivity contribution in [2.75, 3.05) is 19.3 Å². The molecule has 40 heavy (non-hydrogen) atoms. The predicted octanol–water partition coefficient (Wildman–Crippen LogP) is 8.33. The molecule has 0 amide bonds. The number of sulfonamides is 1. The lowest BCUT2D eigenvalue weighted by Gasteiger charge is -2.20. The summed E-state index contributed by atoms with van der Waals surface area (Å²) < 4.78 is 158. The number of rotatable bonds is 8. The van der Waals surface area contributed by atoms with Gasteiger partial charge in [-0.25, -0.2) is 12.8 Å². The number of ketones is 1. The maximum atomic E-state index is 14.9. The van der Waals surface area contributed by atoms with Crippen molar-refractivity contribution in [1.29, 1.82) is 0 Å². The van der Waals surface area contributed by atoms with Crippen LogP contribution in [0.2, 0.25) is 15.1 Å². The van der Waals surface area contributed by atoms with Crippen molar-refractivity contribution in [3.05, 3.63) is 73.7 Å². The number of allylic oxidation sites excluding steroid dienone is 1. The largest absolute Gasteiger partial charge is 0.417 e. The summed E-state index contributed by atoms with van der Waals surface area (Å²) >= 11 is 17.2. The zero-order chi connectivity index (χ0) is 31.0. The minimum absolute atomic E-state index is 0.00146. The fourth-order valence-electron chi connectivity index (χ4n) is 3.25. The van der Waals surface area contributed by atoms with Crippen LogP contribution in [0.3, 0.4) is 0 Å². The van der Waals surface area contributed by atoms with Gasteiger partial charge in [0.2, 0.25) is 10.0 Å². The summed E-state index contributed by atoms with van der Waals surface area (Å²) in [5.41, 5.74) is -4.89. The number of likely N-dealkylation sites (N-methyl/N-ethyl adjacent to an activating group) is 1. The molecule has 0 spiro atoms. The van der Waals surface area contributed by atoms with Crippen LogP contribution in [0, 0.1) is 0 Å². The number of halogens is 13.